The largest absolute Gasteiger partial charge is 0.278 e. The van der Waals surface area contributed by atoms with Gasteiger partial charge in [0.05, 0.1) is 17.4 Å². The highest BCUT2D eigenvalue weighted by atomic mass is 35.5. The Morgan fingerprint density at radius 3 is 2.95 bits per heavy atom. The molecule has 0 unspecified atom stereocenters. The number of nitrogens with zero attached hydrogens (tertiary/aromatic N) is 3. The summed E-state index contributed by atoms with van der Waals surface area (Å²) in [6.45, 7) is 0. The maximum absolute atomic E-state index is 5.96. The number of fused-ring (bicyclic) bond motifs is 1. The van der Waals surface area contributed by atoms with Crippen LogP contribution in [0.25, 0.3) is 10.9 Å². The van der Waals surface area contributed by atoms with E-state index < -0.39 is 0 Å². The van der Waals surface area contributed by atoms with Crippen molar-refractivity contribution >= 4 is 34.4 Å². The highest BCUT2D eigenvalue weighted by Gasteiger charge is 2.01. The normalized spacial score (nSPS) is 11.1. The van der Waals surface area contributed by atoms with Crippen molar-refractivity contribution in [2.45, 2.75) is 0 Å². The van der Waals surface area contributed by atoms with Gasteiger partial charge >= 0.3 is 0 Å². The summed E-state index contributed by atoms with van der Waals surface area (Å²) in [5.74, 6) is 0. The zero-order valence-electron chi connectivity index (χ0n) is 10.5. The van der Waals surface area contributed by atoms with Crippen molar-refractivity contribution in [2.24, 2.45) is 5.10 Å². The molecule has 98 valence electrons. The third kappa shape index (κ3) is 2.75. The first-order chi connectivity index (χ1) is 9.83. The van der Waals surface area contributed by atoms with Crippen LogP contribution in [0.15, 0.2) is 60.1 Å². The third-order valence-corrected chi connectivity index (χ3v) is 3.02. The first kappa shape index (κ1) is 12.6. The van der Waals surface area contributed by atoms with Crippen LogP contribution in [-0.2, 0) is 0 Å². The van der Waals surface area contributed by atoms with Crippen molar-refractivity contribution in [2.75, 3.05) is 5.43 Å². The molecule has 2 heterocycles. The van der Waals surface area contributed by atoms with Crippen molar-refractivity contribution in [1.82, 2.24) is 9.97 Å². The van der Waals surface area contributed by atoms with Crippen LogP contribution in [0.3, 0.4) is 0 Å². The average Bonchev–Trinajstić information content (AvgIpc) is 2.48. The van der Waals surface area contributed by atoms with Crippen molar-refractivity contribution in [3.63, 3.8) is 0 Å². The number of hydrogen-bond acceptors (Lipinski definition) is 4. The van der Waals surface area contributed by atoms with Gasteiger partial charge in [0.2, 0.25) is 0 Å². The molecule has 0 fully saturated rings. The Morgan fingerprint density at radius 1 is 1.15 bits per heavy atom. The Morgan fingerprint density at radius 2 is 2.10 bits per heavy atom. The first-order valence-electron chi connectivity index (χ1n) is 6.06. The molecule has 0 aliphatic carbocycles. The van der Waals surface area contributed by atoms with E-state index in [-0.39, 0.29) is 0 Å². The molecule has 5 heteroatoms. The second kappa shape index (κ2) is 5.67. The zero-order valence-corrected chi connectivity index (χ0v) is 11.2. The lowest BCUT2D eigenvalue weighted by Gasteiger charge is -2.05. The molecule has 3 rings (SSSR count). The Kier molecular flexibility index (Phi) is 3.56. The molecular formula is C15H11ClN4. The zero-order chi connectivity index (χ0) is 13.8. The number of nitrogens with one attached hydrogen (secondary N) is 1. The molecule has 4 nitrogen and oxygen atoms in total. The lowest BCUT2D eigenvalue weighted by Crippen LogP contribution is -1.93. The summed E-state index contributed by atoms with van der Waals surface area (Å²) in [7, 11) is 0. The molecule has 2 aromatic heterocycles. The van der Waals surface area contributed by atoms with Gasteiger partial charge in [-0.1, -0.05) is 17.7 Å². The lowest BCUT2D eigenvalue weighted by molar-refractivity contribution is 1.30. The number of benzene rings is 1. The van der Waals surface area contributed by atoms with Gasteiger partial charge in [-0.15, -0.1) is 0 Å². The molecule has 0 aliphatic rings. The second-order valence-electron chi connectivity index (χ2n) is 4.18. The van der Waals surface area contributed by atoms with E-state index in [1.54, 1.807) is 24.8 Å². The molecule has 0 bridgehead atoms. The molecule has 0 radical (unpaired) electrons. The SMILES string of the molecule is Clc1ccc2c(NN=Cc3cccnc3)ccnc2c1. The first-order valence-corrected chi connectivity index (χ1v) is 6.44. The van der Waals surface area contributed by atoms with Crippen LogP contribution in [0.2, 0.25) is 5.02 Å². The summed E-state index contributed by atoms with van der Waals surface area (Å²) < 4.78 is 0. The summed E-state index contributed by atoms with van der Waals surface area (Å²) in [4.78, 5) is 8.31. The maximum Gasteiger partial charge on any atom is 0.0738 e. The Bertz CT molecular complexity index is 756. The fraction of sp³-hybridized carbons (Fsp3) is 0. The van der Waals surface area contributed by atoms with E-state index >= 15 is 0 Å². The molecule has 20 heavy (non-hydrogen) atoms. The van der Waals surface area contributed by atoms with Gasteiger partial charge in [0.1, 0.15) is 0 Å². The minimum Gasteiger partial charge on any atom is -0.278 e. The van der Waals surface area contributed by atoms with Crippen LogP contribution in [-0.4, -0.2) is 16.2 Å². The quantitative estimate of drug-likeness (QED) is 0.588. The number of pyridine rings is 2. The van der Waals surface area contributed by atoms with Gasteiger partial charge in [-0.2, -0.15) is 5.10 Å². The predicted molar refractivity (Wildman–Crippen MR) is 82.2 cm³/mol. The number of rotatable bonds is 3. The molecular weight excluding hydrogens is 272 g/mol. The number of hydrogen-bond donors (Lipinski definition) is 1. The molecule has 3 aromatic rings. The van der Waals surface area contributed by atoms with Gasteiger partial charge in [0.25, 0.3) is 0 Å². The van der Waals surface area contributed by atoms with Gasteiger partial charge in [-0.05, 0) is 30.3 Å². The summed E-state index contributed by atoms with van der Waals surface area (Å²) >= 11 is 5.96. The van der Waals surface area contributed by atoms with Crippen LogP contribution in [0.5, 0.6) is 0 Å². The van der Waals surface area contributed by atoms with E-state index in [9.17, 15) is 0 Å². The van der Waals surface area contributed by atoms with Crippen molar-refractivity contribution in [3.05, 3.63) is 65.6 Å². The Balaban J connectivity index is 1.86. The van der Waals surface area contributed by atoms with Crippen molar-refractivity contribution < 1.29 is 0 Å². The smallest absolute Gasteiger partial charge is 0.0738 e. The molecule has 0 saturated carbocycles. The maximum atomic E-state index is 5.96. The number of aromatic nitrogens is 2. The van der Waals surface area contributed by atoms with Gasteiger partial charge in [-0.25, -0.2) is 0 Å². The summed E-state index contributed by atoms with van der Waals surface area (Å²) in [5.41, 5.74) is 5.66. The standard InChI is InChI=1S/C15H11ClN4/c16-12-3-4-13-14(5-7-18-15(13)8-12)20-19-10-11-2-1-6-17-9-11/h1-10H,(H,18,20). The second-order valence-corrected chi connectivity index (χ2v) is 4.61. The van der Waals surface area contributed by atoms with E-state index in [4.69, 9.17) is 11.6 Å². The fourth-order valence-corrected chi connectivity index (χ4v) is 2.01. The molecule has 1 N–H and O–H groups in total. The topological polar surface area (TPSA) is 50.2 Å². The average molecular weight is 283 g/mol. The van der Waals surface area contributed by atoms with Crippen LogP contribution < -0.4 is 5.43 Å². The highest BCUT2D eigenvalue weighted by molar-refractivity contribution is 6.31. The molecule has 0 amide bonds. The fourth-order valence-electron chi connectivity index (χ4n) is 1.85. The molecule has 0 atom stereocenters. The summed E-state index contributed by atoms with van der Waals surface area (Å²) in [6, 6.07) is 11.3. The predicted octanol–water partition coefficient (Wildman–Crippen LogP) is 3.73. The van der Waals surface area contributed by atoms with Gasteiger partial charge in [0, 0.05) is 34.6 Å². The van der Waals surface area contributed by atoms with Crippen LogP contribution in [0.1, 0.15) is 5.56 Å². The van der Waals surface area contributed by atoms with E-state index in [1.807, 2.05) is 36.4 Å². The van der Waals surface area contributed by atoms with Crippen LogP contribution >= 0.6 is 11.6 Å². The minimum absolute atomic E-state index is 0.668. The van der Waals surface area contributed by atoms with E-state index in [0.29, 0.717) is 5.02 Å². The lowest BCUT2D eigenvalue weighted by atomic mass is 10.2. The third-order valence-electron chi connectivity index (χ3n) is 2.79. The van der Waals surface area contributed by atoms with Crippen LogP contribution in [0, 0.1) is 0 Å². The summed E-state index contributed by atoms with van der Waals surface area (Å²) in [6.07, 6.45) is 6.91. The number of anilines is 1. The van der Waals surface area contributed by atoms with E-state index in [2.05, 4.69) is 20.5 Å². The Labute approximate surface area is 121 Å². The number of hydrazone groups is 1. The molecule has 0 saturated heterocycles. The van der Waals surface area contributed by atoms with E-state index in [1.165, 1.54) is 0 Å². The minimum atomic E-state index is 0.668. The molecule has 1 aromatic carbocycles. The van der Waals surface area contributed by atoms with Crippen molar-refractivity contribution in [1.29, 1.82) is 0 Å². The van der Waals surface area contributed by atoms with Crippen molar-refractivity contribution in [3.8, 4) is 0 Å². The molecule has 0 spiro atoms. The van der Waals surface area contributed by atoms with Gasteiger partial charge in [-0.3, -0.25) is 15.4 Å². The van der Waals surface area contributed by atoms with Crippen LogP contribution in [0.4, 0.5) is 5.69 Å². The monoisotopic (exact) mass is 282 g/mol. The molecule has 0 aliphatic heterocycles. The highest BCUT2D eigenvalue weighted by Crippen LogP contribution is 2.24. The van der Waals surface area contributed by atoms with Gasteiger partial charge in [0.15, 0.2) is 0 Å². The Hall–Kier alpha value is -2.46. The van der Waals surface area contributed by atoms with Gasteiger partial charge < -0.3 is 0 Å². The number of halogens is 1. The van der Waals surface area contributed by atoms with E-state index in [0.717, 1.165) is 22.2 Å². The summed E-state index contributed by atoms with van der Waals surface area (Å²) in [5, 5.41) is 5.85.